The first-order valence-corrected chi connectivity index (χ1v) is 7.77. The fraction of sp³-hybridized carbons (Fsp3) is 0.588. The summed E-state index contributed by atoms with van der Waals surface area (Å²) in [5.41, 5.74) is 0.361. The van der Waals surface area contributed by atoms with Crippen molar-refractivity contribution in [2.75, 3.05) is 6.54 Å². The van der Waals surface area contributed by atoms with Crippen LogP contribution in [0.5, 0.6) is 5.75 Å². The zero-order chi connectivity index (χ0) is 15.3. The molecule has 0 saturated heterocycles. The fourth-order valence-electron chi connectivity index (χ4n) is 2.93. The van der Waals surface area contributed by atoms with Crippen LogP contribution >= 0.6 is 0 Å². The van der Waals surface area contributed by atoms with E-state index in [-0.39, 0.29) is 6.10 Å². The number of hydrogen-bond acceptors (Lipinski definition) is 3. The summed E-state index contributed by atoms with van der Waals surface area (Å²) < 4.78 is 5.99. The number of rotatable bonds is 6. The average Bonchev–Trinajstić information content (AvgIpc) is 2.48. The van der Waals surface area contributed by atoms with Crippen molar-refractivity contribution >= 4 is 5.97 Å². The number of carbonyl (C=O) groups is 1. The lowest BCUT2D eigenvalue weighted by molar-refractivity contribution is -0.148. The topological polar surface area (TPSA) is 58.6 Å². The highest BCUT2D eigenvalue weighted by Crippen LogP contribution is 2.31. The van der Waals surface area contributed by atoms with Gasteiger partial charge >= 0.3 is 5.97 Å². The molecular formula is C17H25NO3. The molecule has 0 aliphatic heterocycles. The van der Waals surface area contributed by atoms with Crippen LogP contribution in [-0.4, -0.2) is 29.3 Å². The molecule has 2 N–H and O–H groups in total. The molecule has 2 unspecified atom stereocenters. The molecule has 0 amide bonds. The summed E-state index contributed by atoms with van der Waals surface area (Å²) in [6.45, 7) is 4.81. The van der Waals surface area contributed by atoms with Crippen LogP contribution < -0.4 is 10.1 Å². The maximum absolute atomic E-state index is 11.7. The van der Waals surface area contributed by atoms with Gasteiger partial charge in [0.1, 0.15) is 17.4 Å². The molecule has 0 aromatic heterocycles. The second-order valence-electron chi connectivity index (χ2n) is 5.96. The van der Waals surface area contributed by atoms with Crippen LogP contribution in [-0.2, 0) is 4.79 Å². The Hall–Kier alpha value is -1.55. The van der Waals surface area contributed by atoms with Gasteiger partial charge in [-0.3, -0.25) is 4.79 Å². The summed E-state index contributed by atoms with van der Waals surface area (Å²) in [5, 5.41) is 12.8. The second kappa shape index (κ2) is 6.94. The maximum atomic E-state index is 11.7. The molecule has 1 aromatic carbocycles. The van der Waals surface area contributed by atoms with Gasteiger partial charge in [-0.25, -0.2) is 0 Å². The van der Waals surface area contributed by atoms with E-state index in [4.69, 9.17) is 4.74 Å². The minimum absolute atomic E-state index is 0.0399. The summed E-state index contributed by atoms with van der Waals surface area (Å²) in [6.07, 6.45) is 3.88. The van der Waals surface area contributed by atoms with Gasteiger partial charge in [-0.15, -0.1) is 0 Å². The van der Waals surface area contributed by atoms with E-state index in [2.05, 4.69) is 5.32 Å². The lowest BCUT2D eigenvalue weighted by atomic mass is 9.80. The van der Waals surface area contributed by atoms with Crippen molar-refractivity contribution in [1.82, 2.24) is 5.32 Å². The molecular weight excluding hydrogens is 266 g/mol. The first kappa shape index (κ1) is 15.8. The molecule has 116 valence electrons. The van der Waals surface area contributed by atoms with Gasteiger partial charge < -0.3 is 15.2 Å². The van der Waals surface area contributed by atoms with Crippen molar-refractivity contribution in [3.63, 3.8) is 0 Å². The Labute approximate surface area is 126 Å². The van der Waals surface area contributed by atoms with Gasteiger partial charge in [0.15, 0.2) is 0 Å². The van der Waals surface area contributed by atoms with Crippen molar-refractivity contribution in [3.05, 3.63) is 29.8 Å². The smallest absolute Gasteiger partial charge is 0.324 e. The van der Waals surface area contributed by atoms with Crippen LogP contribution in [0.25, 0.3) is 0 Å². The third-order valence-electron chi connectivity index (χ3n) is 4.15. The molecule has 4 nitrogen and oxygen atoms in total. The molecule has 1 aliphatic carbocycles. The van der Waals surface area contributed by atoms with Crippen molar-refractivity contribution < 1.29 is 14.6 Å². The Morgan fingerprint density at radius 2 is 2.14 bits per heavy atom. The summed E-state index contributed by atoms with van der Waals surface area (Å²) in [4.78, 5) is 11.7. The quantitative estimate of drug-likeness (QED) is 0.845. The highest BCUT2D eigenvalue weighted by Gasteiger charge is 2.43. The highest BCUT2D eigenvalue weighted by molar-refractivity contribution is 5.79. The molecule has 1 aromatic rings. The predicted molar refractivity (Wildman–Crippen MR) is 82.7 cm³/mol. The molecule has 1 saturated carbocycles. The number of aryl methyl sites for hydroxylation is 1. The van der Waals surface area contributed by atoms with Crippen LogP contribution in [0.1, 0.15) is 44.6 Å². The Morgan fingerprint density at radius 1 is 1.43 bits per heavy atom. The molecule has 0 spiro atoms. The maximum Gasteiger partial charge on any atom is 0.324 e. The predicted octanol–water partition coefficient (Wildman–Crippen LogP) is 3.14. The molecule has 2 rings (SSSR count). The van der Waals surface area contributed by atoms with E-state index in [1.165, 1.54) is 5.56 Å². The zero-order valence-electron chi connectivity index (χ0n) is 12.9. The number of ether oxygens (including phenoxy) is 1. The Morgan fingerprint density at radius 3 is 2.76 bits per heavy atom. The summed E-state index contributed by atoms with van der Waals surface area (Å²) in [6, 6.07) is 7.92. The summed E-state index contributed by atoms with van der Waals surface area (Å²) in [7, 11) is 0. The molecule has 1 fully saturated rings. The van der Waals surface area contributed by atoms with Gasteiger partial charge in [-0.1, -0.05) is 24.6 Å². The number of nitrogens with one attached hydrogen (secondary N) is 1. The van der Waals surface area contributed by atoms with Crippen molar-refractivity contribution in [3.8, 4) is 5.75 Å². The third kappa shape index (κ3) is 3.97. The Balaban J connectivity index is 2.04. The summed E-state index contributed by atoms with van der Waals surface area (Å²) in [5.74, 6) is 0.0652. The number of aliphatic carboxylic acids is 1. The van der Waals surface area contributed by atoms with E-state index < -0.39 is 11.5 Å². The van der Waals surface area contributed by atoms with E-state index in [1.807, 2.05) is 38.1 Å². The Kier molecular flexibility index (Phi) is 5.23. The molecule has 4 heteroatoms. The second-order valence-corrected chi connectivity index (χ2v) is 5.96. The zero-order valence-corrected chi connectivity index (χ0v) is 12.9. The van der Waals surface area contributed by atoms with Crippen LogP contribution in [0, 0.1) is 6.92 Å². The number of carboxylic acid groups (broad SMARTS) is 1. The molecule has 1 aliphatic rings. The monoisotopic (exact) mass is 291 g/mol. The number of hydrogen-bond donors (Lipinski definition) is 2. The number of carboxylic acids is 1. The molecule has 0 radical (unpaired) electrons. The largest absolute Gasteiger partial charge is 0.490 e. The van der Waals surface area contributed by atoms with E-state index in [1.54, 1.807) is 0 Å². The van der Waals surface area contributed by atoms with Crippen molar-refractivity contribution in [2.24, 2.45) is 0 Å². The van der Waals surface area contributed by atoms with Crippen LogP contribution in [0.3, 0.4) is 0 Å². The van der Waals surface area contributed by atoms with E-state index in [0.29, 0.717) is 12.8 Å². The van der Waals surface area contributed by atoms with E-state index in [9.17, 15) is 9.90 Å². The normalized spacial score (nSPS) is 25.5. The van der Waals surface area contributed by atoms with Crippen LogP contribution in [0.2, 0.25) is 0 Å². The van der Waals surface area contributed by atoms with E-state index in [0.717, 1.165) is 31.6 Å². The fourth-order valence-corrected chi connectivity index (χ4v) is 2.93. The van der Waals surface area contributed by atoms with Gasteiger partial charge in [-0.2, -0.15) is 0 Å². The molecule has 21 heavy (non-hydrogen) atoms. The van der Waals surface area contributed by atoms with Gasteiger partial charge in [0, 0.05) is 6.42 Å². The third-order valence-corrected chi connectivity index (χ3v) is 4.15. The van der Waals surface area contributed by atoms with Crippen LogP contribution in [0.15, 0.2) is 24.3 Å². The standard InChI is InChI=1S/C17H25NO3/c1-3-11-18-17(16(19)20)10-4-5-15(12-17)21-14-8-6-13(2)7-9-14/h6-9,15,18H,3-5,10-12H2,1-2H3,(H,19,20). The first-order valence-electron chi connectivity index (χ1n) is 7.77. The molecule has 0 bridgehead atoms. The number of benzene rings is 1. The van der Waals surface area contributed by atoms with Gasteiger partial charge in [0.25, 0.3) is 0 Å². The van der Waals surface area contributed by atoms with Crippen molar-refractivity contribution in [1.29, 1.82) is 0 Å². The van der Waals surface area contributed by atoms with Gasteiger partial charge in [0.05, 0.1) is 0 Å². The van der Waals surface area contributed by atoms with Gasteiger partial charge in [-0.05, 0) is 51.3 Å². The first-order chi connectivity index (χ1) is 10.1. The van der Waals surface area contributed by atoms with Crippen LogP contribution in [0.4, 0.5) is 0 Å². The summed E-state index contributed by atoms with van der Waals surface area (Å²) >= 11 is 0. The lowest BCUT2D eigenvalue weighted by Gasteiger charge is -2.38. The highest BCUT2D eigenvalue weighted by atomic mass is 16.5. The minimum atomic E-state index is -0.830. The molecule has 0 heterocycles. The lowest BCUT2D eigenvalue weighted by Crippen LogP contribution is -2.56. The van der Waals surface area contributed by atoms with Gasteiger partial charge in [0.2, 0.25) is 0 Å². The SMILES string of the molecule is CCCNC1(C(=O)O)CCCC(Oc2ccc(C)cc2)C1. The average molecular weight is 291 g/mol. The van der Waals surface area contributed by atoms with Crippen molar-refractivity contribution in [2.45, 2.75) is 57.6 Å². The van der Waals surface area contributed by atoms with E-state index >= 15 is 0 Å². The minimum Gasteiger partial charge on any atom is -0.490 e. The molecule has 2 atom stereocenters. The Bertz CT molecular complexity index is 471.